The minimum absolute atomic E-state index is 0.130. The van der Waals surface area contributed by atoms with E-state index in [2.05, 4.69) is 43.5 Å². The van der Waals surface area contributed by atoms with Crippen molar-refractivity contribution in [1.82, 2.24) is 5.32 Å². The van der Waals surface area contributed by atoms with Gasteiger partial charge in [-0.3, -0.25) is 4.79 Å². The number of unbranched alkanes of at least 4 members (excludes halogenated alkanes) is 1. The van der Waals surface area contributed by atoms with E-state index in [4.69, 9.17) is 0 Å². The molecule has 0 spiro atoms. The van der Waals surface area contributed by atoms with Crippen molar-refractivity contribution in [3.8, 4) is 0 Å². The van der Waals surface area contributed by atoms with E-state index < -0.39 is 0 Å². The second kappa shape index (κ2) is 8.75. The summed E-state index contributed by atoms with van der Waals surface area (Å²) in [7, 11) is 1.94. The van der Waals surface area contributed by atoms with Gasteiger partial charge in [-0.05, 0) is 44.5 Å². The van der Waals surface area contributed by atoms with Crippen LogP contribution < -0.4 is 10.6 Å². The van der Waals surface area contributed by atoms with E-state index in [0.29, 0.717) is 6.04 Å². The molecular formula is C17H28N2O. The van der Waals surface area contributed by atoms with Crippen LogP contribution in [-0.2, 0) is 4.79 Å². The van der Waals surface area contributed by atoms with Crippen LogP contribution in [-0.4, -0.2) is 13.0 Å². The molecular weight excluding hydrogens is 248 g/mol. The van der Waals surface area contributed by atoms with Gasteiger partial charge in [0.05, 0.1) is 0 Å². The SMILES string of the molecule is CCCCC(CC)C(=O)Nc1ccc(C(C)NC)cc1. The fraction of sp³-hybridized carbons (Fsp3) is 0.588. The quantitative estimate of drug-likeness (QED) is 0.750. The monoisotopic (exact) mass is 276 g/mol. The van der Waals surface area contributed by atoms with Crippen molar-refractivity contribution in [3.63, 3.8) is 0 Å². The molecule has 2 atom stereocenters. The number of carbonyl (C=O) groups excluding carboxylic acids is 1. The summed E-state index contributed by atoms with van der Waals surface area (Å²) in [6, 6.07) is 8.40. The summed E-state index contributed by atoms with van der Waals surface area (Å²) in [5.41, 5.74) is 2.11. The van der Waals surface area contributed by atoms with Crippen molar-refractivity contribution in [3.05, 3.63) is 29.8 Å². The Morgan fingerprint density at radius 3 is 2.35 bits per heavy atom. The Morgan fingerprint density at radius 2 is 1.85 bits per heavy atom. The van der Waals surface area contributed by atoms with Crippen molar-refractivity contribution in [2.75, 3.05) is 12.4 Å². The molecule has 0 bridgehead atoms. The Balaban J connectivity index is 2.60. The molecule has 0 aliphatic rings. The second-order valence-electron chi connectivity index (χ2n) is 5.37. The first-order chi connectivity index (χ1) is 9.62. The van der Waals surface area contributed by atoms with Gasteiger partial charge in [-0.2, -0.15) is 0 Å². The van der Waals surface area contributed by atoms with Crippen molar-refractivity contribution >= 4 is 11.6 Å². The van der Waals surface area contributed by atoms with E-state index in [0.717, 1.165) is 31.4 Å². The van der Waals surface area contributed by atoms with Gasteiger partial charge in [-0.1, -0.05) is 38.8 Å². The largest absolute Gasteiger partial charge is 0.326 e. The van der Waals surface area contributed by atoms with Gasteiger partial charge in [0.2, 0.25) is 5.91 Å². The summed E-state index contributed by atoms with van der Waals surface area (Å²) in [6.45, 7) is 6.36. The average Bonchev–Trinajstić information content (AvgIpc) is 2.48. The Labute approximate surface area is 123 Å². The maximum atomic E-state index is 12.2. The van der Waals surface area contributed by atoms with Gasteiger partial charge in [0.1, 0.15) is 0 Å². The van der Waals surface area contributed by atoms with Gasteiger partial charge >= 0.3 is 0 Å². The summed E-state index contributed by atoms with van der Waals surface area (Å²) in [5.74, 6) is 0.279. The van der Waals surface area contributed by atoms with Gasteiger partial charge in [-0.25, -0.2) is 0 Å². The predicted octanol–water partition coefficient (Wildman–Crippen LogP) is 4.12. The number of hydrogen-bond acceptors (Lipinski definition) is 2. The lowest BCUT2D eigenvalue weighted by Gasteiger charge is -2.15. The predicted molar refractivity (Wildman–Crippen MR) is 85.9 cm³/mol. The van der Waals surface area contributed by atoms with Gasteiger partial charge in [0.25, 0.3) is 0 Å². The summed E-state index contributed by atoms with van der Waals surface area (Å²) in [4.78, 5) is 12.2. The van der Waals surface area contributed by atoms with E-state index in [1.807, 2.05) is 19.2 Å². The molecule has 0 aliphatic heterocycles. The molecule has 2 unspecified atom stereocenters. The molecule has 1 rings (SSSR count). The summed E-state index contributed by atoms with van der Waals surface area (Å²) in [6.07, 6.45) is 4.14. The molecule has 2 N–H and O–H groups in total. The van der Waals surface area contributed by atoms with E-state index in [1.54, 1.807) is 0 Å². The second-order valence-corrected chi connectivity index (χ2v) is 5.37. The maximum Gasteiger partial charge on any atom is 0.227 e. The third-order valence-electron chi connectivity index (χ3n) is 3.88. The highest BCUT2D eigenvalue weighted by Crippen LogP contribution is 2.18. The highest BCUT2D eigenvalue weighted by molar-refractivity contribution is 5.92. The van der Waals surface area contributed by atoms with E-state index in [9.17, 15) is 4.79 Å². The van der Waals surface area contributed by atoms with Crippen LogP contribution in [0.15, 0.2) is 24.3 Å². The van der Waals surface area contributed by atoms with E-state index in [-0.39, 0.29) is 11.8 Å². The third kappa shape index (κ3) is 4.97. The van der Waals surface area contributed by atoms with Gasteiger partial charge in [0.15, 0.2) is 0 Å². The molecule has 112 valence electrons. The lowest BCUT2D eigenvalue weighted by molar-refractivity contribution is -0.120. The minimum Gasteiger partial charge on any atom is -0.326 e. The van der Waals surface area contributed by atoms with Gasteiger partial charge < -0.3 is 10.6 Å². The number of carbonyl (C=O) groups is 1. The average molecular weight is 276 g/mol. The van der Waals surface area contributed by atoms with Gasteiger partial charge in [0, 0.05) is 17.6 Å². The maximum absolute atomic E-state index is 12.2. The van der Waals surface area contributed by atoms with Crippen LogP contribution in [0.2, 0.25) is 0 Å². The number of benzene rings is 1. The first kappa shape index (κ1) is 16.7. The minimum atomic E-state index is 0.130. The molecule has 0 saturated carbocycles. The van der Waals surface area contributed by atoms with Crippen molar-refractivity contribution in [1.29, 1.82) is 0 Å². The van der Waals surface area contributed by atoms with E-state index in [1.165, 1.54) is 5.56 Å². The van der Waals surface area contributed by atoms with Crippen LogP contribution in [0, 0.1) is 5.92 Å². The van der Waals surface area contributed by atoms with E-state index >= 15 is 0 Å². The van der Waals surface area contributed by atoms with Gasteiger partial charge in [-0.15, -0.1) is 0 Å². The third-order valence-corrected chi connectivity index (χ3v) is 3.88. The molecule has 3 heteroatoms. The lowest BCUT2D eigenvalue weighted by Crippen LogP contribution is -2.22. The fourth-order valence-corrected chi connectivity index (χ4v) is 2.24. The smallest absolute Gasteiger partial charge is 0.227 e. The highest BCUT2D eigenvalue weighted by Gasteiger charge is 2.15. The number of nitrogens with one attached hydrogen (secondary N) is 2. The summed E-state index contributed by atoms with van der Waals surface area (Å²) >= 11 is 0. The molecule has 0 fully saturated rings. The van der Waals surface area contributed by atoms with Crippen molar-refractivity contribution in [2.45, 2.75) is 52.5 Å². The Morgan fingerprint density at radius 1 is 1.20 bits per heavy atom. The summed E-state index contributed by atoms with van der Waals surface area (Å²) in [5, 5.41) is 6.23. The first-order valence-electron chi connectivity index (χ1n) is 7.70. The number of hydrogen-bond donors (Lipinski definition) is 2. The normalized spacial score (nSPS) is 13.8. The lowest BCUT2D eigenvalue weighted by atomic mass is 9.98. The number of rotatable bonds is 8. The molecule has 0 aromatic heterocycles. The first-order valence-corrected chi connectivity index (χ1v) is 7.70. The zero-order chi connectivity index (χ0) is 15.0. The molecule has 0 radical (unpaired) electrons. The molecule has 1 aromatic rings. The zero-order valence-electron chi connectivity index (χ0n) is 13.2. The van der Waals surface area contributed by atoms with Crippen molar-refractivity contribution in [2.24, 2.45) is 5.92 Å². The topological polar surface area (TPSA) is 41.1 Å². The molecule has 0 saturated heterocycles. The Bertz CT molecular complexity index is 400. The van der Waals surface area contributed by atoms with Crippen LogP contribution in [0.1, 0.15) is 58.1 Å². The Hall–Kier alpha value is -1.35. The van der Waals surface area contributed by atoms with Crippen LogP contribution >= 0.6 is 0 Å². The molecule has 20 heavy (non-hydrogen) atoms. The standard InChI is InChI=1S/C17H28N2O/c1-5-7-8-14(6-2)17(20)19-16-11-9-15(10-12-16)13(3)18-4/h9-14,18H,5-8H2,1-4H3,(H,19,20). The van der Waals surface area contributed by atoms with Crippen LogP contribution in [0.4, 0.5) is 5.69 Å². The highest BCUT2D eigenvalue weighted by atomic mass is 16.1. The van der Waals surface area contributed by atoms with Crippen LogP contribution in [0.3, 0.4) is 0 Å². The Kier molecular flexibility index (Phi) is 7.31. The number of amides is 1. The molecule has 3 nitrogen and oxygen atoms in total. The zero-order valence-corrected chi connectivity index (χ0v) is 13.2. The van der Waals surface area contributed by atoms with Crippen LogP contribution in [0.25, 0.3) is 0 Å². The molecule has 0 heterocycles. The molecule has 1 aromatic carbocycles. The fourth-order valence-electron chi connectivity index (χ4n) is 2.24. The molecule has 1 amide bonds. The summed E-state index contributed by atoms with van der Waals surface area (Å²) < 4.78 is 0. The molecule has 0 aliphatic carbocycles. The van der Waals surface area contributed by atoms with Crippen LogP contribution in [0.5, 0.6) is 0 Å². The van der Waals surface area contributed by atoms with Crippen molar-refractivity contribution < 1.29 is 4.79 Å². The number of anilines is 1.